The molecule has 1 heterocycles. The van der Waals surface area contributed by atoms with Crippen LogP contribution in [-0.4, -0.2) is 31.2 Å². The van der Waals surface area contributed by atoms with Gasteiger partial charge in [-0.25, -0.2) is 10.4 Å². The second-order valence-corrected chi connectivity index (χ2v) is 12.1. The van der Waals surface area contributed by atoms with Gasteiger partial charge in [-0.2, -0.15) is 5.10 Å². The Labute approximate surface area is 223 Å². The molecule has 4 fully saturated rings. The van der Waals surface area contributed by atoms with Gasteiger partial charge in [0.05, 0.1) is 11.7 Å². The average Bonchev–Trinajstić information content (AvgIpc) is 2.91. The van der Waals surface area contributed by atoms with Gasteiger partial charge in [0, 0.05) is 36.1 Å². The van der Waals surface area contributed by atoms with E-state index in [1.807, 2.05) is 44.4 Å². The SMILES string of the molecule is CN(C)c1ccc(/C=N/NC(=O)c2cc(C34CC5CC(CC(C5)C3)C4)c3ccccc3n2)c2ccccc12. The first-order valence-electron chi connectivity index (χ1n) is 13.9. The van der Waals surface area contributed by atoms with E-state index in [-0.39, 0.29) is 11.3 Å². The molecule has 0 radical (unpaired) electrons. The van der Waals surface area contributed by atoms with Crippen molar-refractivity contribution in [2.45, 2.75) is 43.9 Å². The van der Waals surface area contributed by atoms with Crippen molar-refractivity contribution in [2.75, 3.05) is 19.0 Å². The molecule has 1 aromatic heterocycles. The van der Waals surface area contributed by atoms with Crippen molar-refractivity contribution >= 4 is 39.5 Å². The van der Waals surface area contributed by atoms with Crippen LogP contribution in [0, 0.1) is 17.8 Å². The highest BCUT2D eigenvalue weighted by molar-refractivity contribution is 6.05. The number of hydrogen-bond donors (Lipinski definition) is 1. The van der Waals surface area contributed by atoms with Gasteiger partial charge in [-0.3, -0.25) is 4.79 Å². The molecule has 38 heavy (non-hydrogen) atoms. The van der Waals surface area contributed by atoms with E-state index in [9.17, 15) is 4.79 Å². The number of anilines is 1. The van der Waals surface area contributed by atoms with Crippen molar-refractivity contribution in [3.05, 3.63) is 83.6 Å². The number of pyridine rings is 1. The number of hydrogen-bond acceptors (Lipinski definition) is 4. The monoisotopic (exact) mass is 502 g/mol. The molecular formula is C33H34N4O. The summed E-state index contributed by atoms with van der Waals surface area (Å²) in [5.74, 6) is 2.25. The van der Waals surface area contributed by atoms with Crippen LogP contribution in [0.1, 0.15) is 60.1 Å². The summed E-state index contributed by atoms with van der Waals surface area (Å²) >= 11 is 0. The summed E-state index contributed by atoms with van der Waals surface area (Å²) in [5.41, 5.74) is 7.77. The van der Waals surface area contributed by atoms with Gasteiger partial charge in [0.25, 0.3) is 5.91 Å². The Morgan fingerprint density at radius 1 is 0.895 bits per heavy atom. The summed E-state index contributed by atoms with van der Waals surface area (Å²) in [6.07, 6.45) is 9.69. The molecule has 0 saturated heterocycles. The highest BCUT2D eigenvalue weighted by Gasteiger charge is 2.52. The van der Waals surface area contributed by atoms with Crippen LogP contribution in [0.3, 0.4) is 0 Å². The lowest BCUT2D eigenvalue weighted by molar-refractivity contribution is -0.00453. The molecule has 4 aliphatic rings. The fourth-order valence-corrected chi connectivity index (χ4v) is 8.20. The second-order valence-electron chi connectivity index (χ2n) is 12.1. The molecule has 0 atom stereocenters. The van der Waals surface area contributed by atoms with Gasteiger partial charge in [-0.15, -0.1) is 0 Å². The number of benzene rings is 3. The van der Waals surface area contributed by atoms with Gasteiger partial charge in [0.1, 0.15) is 5.69 Å². The first-order chi connectivity index (χ1) is 18.5. The molecule has 1 amide bonds. The van der Waals surface area contributed by atoms with Gasteiger partial charge in [-0.1, -0.05) is 48.5 Å². The Bertz CT molecular complexity index is 1550. The molecule has 0 unspecified atom stereocenters. The Balaban J connectivity index is 1.21. The van der Waals surface area contributed by atoms with Crippen molar-refractivity contribution in [2.24, 2.45) is 22.9 Å². The Morgan fingerprint density at radius 3 is 2.21 bits per heavy atom. The minimum atomic E-state index is -0.257. The largest absolute Gasteiger partial charge is 0.377 e. The van der Waals surface area contributed by atoms with Crippen LogP contribution in [-0.2, 0) is 5.41 Å². The zero-order valence-corrected chi connectivity index (χ0v) is 22.2. The average molecular weight is 503 g/mol. The van der Waals surface area contributed by atoms with Crippen molar-refractivity contribution in [3.63, 3.8) is 0 Å². The number of carbonyl (C=O) groups excluding carboxylic acids is 1. The minimum Gasteiger partial charge on any atom is -0.377 e. The molecule has 4 aliphatic carbocycles. The molecule has 4 saturated carbocycles. The number of fused-ring (bicyclic) bond motifs is 2. The highest BCUT2D eigenvalue weighted by Crippen LogP contribution is 2.61. The highest BCUT2D eigenvalue weighted by atomic mass is 16.2. The number of nitrogens with one attached hydrogen (secondary N) is 1. The Kier molecular flexibility index (Phi) is 5.50. The topological polar surface area (TPSA) is 57.6 Å². The number of aromatic nitrogens is 1. The van der Waals surface area contributed by atoms with E-state index in [1.165, 1.54) is 49.5 Å². The number of rotatable bonds is 5. The van der Waals surface area contributed by atoms with Gasteiger partial charge in [-0.05, 0) is 90.8 Å². The van der Waals surface area contributed by atoms with Gasteiger partial charge < -0.3 is 4.90 Å². The van der Waals surface area contributed by atoms with E-state index in [0.29, 0.717) is 5.69 Å². The smallest absolute Gasteiger partial charge is 0.289 e. The summed E-state index contributed by atoms with van der Waals surface area (Å²) in [4.78, 5) is 20.3. The number of carbonyl (C=O) groups is 1. The summed E-state index contributed by atoms with van der Waals surface area (Å²) in [6, 6.07) is 22.9. The fourth-order valence-electron chi connectivity index (χ4n) is 8.20. The molecule has 4 bridgehead atoms. The Morgan fingerprint density at radius 2 is 1.53 bits per heavy atom. The lowest BCUT2D eigenvalue weighted by Gasteiger charge is -2.57. The van der Waals surface area contributed by atoms with Gasteiger partial charge >= 0.3 is 0 Å². The quantitative estimate of drug-likeness (QED) is 0.244. The third-order valence-electron chi connectivity index (χ3n) is 9.34. The predicted molar refractivity (Wildman–Crippen MR) is 155 cm³/mol. The molecule has 5 nitrogen and oxygen atoms in total. The first-order valence-corrected chi connectivity index (χ1v) is 13.9. The van der Waals surface area contributed by atoms with E-state index >= 15 is 0 Å². The minimum absolute atomic E-state index is 0.183. The standard InChI is InChI=1S/C33H34N4O/c1-37(2)31-12-11-24(25-7-3-4-8-26(25)31)20-34-36-32(38)30-16-28(27-9-5-6-10-29(27)35-30)33-17-21-13-22(18-33)15-23(14-21)19-33/h3-12,16,20-23H,13-15,17-19H2,1-2H3,(H,36,38)/b34-20+. The van der Waals surface area contributed by atoms with Crippen molar-refractivity contribution in [3.8, 4) is 0 Å². The van der Waals surface area contributed by atoms with Gasteiger partial charge in [0.2, 0.25) is 0 Å². The predicted octanol–water partition coefficient (Wildman–Crippen LogP) is 6.69. The zero-order chi connectivity index (χ0) is 25.9. The molecule has 0 aliphatic heterocycles. The molecular weight excluding hydrogens is 468 g/mol. The van der Waals surface area contributed by atoms with E-state index in [4.69, 9.17) is 4.98 Å². The van der Waals surface area contributed by atoms with E-state index in [0.717, 1.165) is 45.3 Å². The van der Waals surface area contributed by atoms with Crippen LogP contribution in [0.25, 0.3) is 21.7 Å². The molecule has 8 rings (SSSR count). The summed E-state index contributed by atoms with van der Waals surface area (Å²) < 4.78 is 0. The molecule has 192 valence electrons. The van der Waals surface area contributed by atoms with Crippen LogP contribution in [0.15, 0.2) is 71.8 Å². The fraction of sp³-hybridized carbons (Fsp3) is 0.364. The van der Waals surface area contributed by atoms with Gasteiger partial charge in [0.15, 0.2) is 0 Å². The number of para-hydroxylation sites is 1. The van der Waals surface area contributed by atoms with Crippen LogP contribution in [0.4, 0.5) is 5.69 Å². The molecule has 0 spiro atoms. The number of hydrazone groups is 1. The van der Waals surface area contributed by atoms with Crippen molar-refractivity contribution < 1.29 is 4.79 Å². The number of nitrogens with zero attached hydrogens (tertiary/aromatic N) is 3. The lowest BCUT2D eigenvalue weighted by Crippen LogP contribution is -2.48. The summed E-state index contributed by atoms with van der Waals surface area (Å²) in [6.45, 7) is 0. The second kappa shape index (κ2) is 8.93. The van der Waals surface area contributed by atoms with Crippen molar-refractivity contribution in [1.82, 2.24) is 10.4 Å². The third kappa shape index (κ3) is 3.87. The third-order valence-corrected chi connectivity index (χ3v) is 9.34. The summed E-state index contributed by atoms with van der Waals surface area (Å²) in [7, 11) is 4.09. The first kappa shape index (κ1) is 23.4. The maximum Gasteiger partial charge on any atom is 0.289 e. The van der Waals surface area contributed by atoms with Crippen LogP contribution < -0.4 is 10.3 Å². The van der Waals surface area contributed by atoms with Crippen LogP contribution in [0.2, 0.25) is 0 Å². The van der Waals surface area contributed by atoms with E-state index in [1.54, 1.807) is 6.21 Å². The molecule has 5 heteroatoms. The zero-order valence-electron chi connectivity index (χ0n) is 22.2. The molecule has 3 aromatic carbocycles. The summed E-state index contributed by atoms with van der Waals surface area (Å²) in [5, 5.41) is 7.83. The molecule has 4 aromatic rings. The Hall–Kier alpha value is -3.73. The maximum atomic E-state index is 13.4. The van der Waals surface area contributed by atoms with E-state index in [2.05, 4.69) is 51.8 Å². The maximum absolute atomic E-state index is 13.4. The van der Waals surface area contributed by atoms with Crippen LogP contribution >= 0.6 is 0 Å². The van der Waals surface area contributed by atoms with Crippen LogP contribution in [0.5, 0.6) is 0 Å². The lowest BCUT2D eigenvalue weighted by atomic mass is 9.48. The normalized spacial score (nSPS) is 25.9. The van der Waals surface area contributed by atoms with Crippen molar-refractivity contribution in [1.29, 1.82) is 0 Å². The number of amides is 1. The van der Waals surface area contributed by atoms with E-state index < -0.39 is 0 Å². The molecule has 1 N–H and O–H groups in total.